The van der Waals surface area contributed by atoms with Gasteiger partial charge in [0, 0.05) is 25.3 Å². The third kappa shape index (κ3) is 5.12. The van der Waals surface area contributed by atoms with Gasteiger partial charge in [0.2, 0.25) is 0 Å². The van der Waals surface area contributed by atoms with E-state index in [0.29, 0.717) is 40.9 Å². The second-order valence-corrected chi connectivity index (χ2v) is 7.63. The van der Waals surface area contributed by atoms with Crippen molar-refractivity contribution in [1.82, 2.24) is 24.5 Å². The molecule has 170 valence electrons. The lowest BCUT2D eigenvalue weighted by atomic mass is 10.2. The summed E-state index contributed by atoms with van der Waals surface area (Å²) in [6.07, 6.45) is 3.47. The molecule has 4 aromatic rings. The standard InChI is InChI=1S/C23H25N7O3/c1-5-24-23(32)27-20-13-30-12-17(6-7-21(30)26-20)33-18-9-14(2)8-16(11-18)25-22(31)19-10-15(3)28-29(19)4/h6-13H,5H2,1-4H3,(H,25,31)(H2,24,27,32). The lowest BCUT2D eigenvalue weighted by Crippen LogP contribution is -2.28. The molecule has 3 N–H and O–H groups in total. The number of carbonyl (C=O) groups is 2. The Balaban J connectivity index is 1.51. The SMILES string of the molecule is CCNC(=O)Nc1cn2cc(Oc3cc(C)cc(NC(=O)c4cc(C)nn4C)c3)ccc2n1. The highest BCUT2D eigenvalue weighted by molar-refractivity contribution is 6.03. The number of pyridine rings is 1. The fourth-order valence-corrected chi connectivity index (χ4v) is 3.45. The van der Waals surface area contributed by atoms with Crippen LogP contribution in [0.3, 0.4) is 0 Å². The van der Waals surface area contributed by atoms with Gasteiger partial charge in [-0.25, -0.2) is 9.78 Å². The van der Waals surface area contributed by atoms with Crippen LogP contribution < -0.4 is 20.7 Å². The maximum absolute atomic E-state index is 12.6. The van der Waals surface area contributed by atoms with Gasteiger partial charge in [0.25, 0.3) is 5.91 Å². The van der Waals surface area contributed by atoms with Gasteiger partial charge >= 0.3 is 6.03 Å². The lowest BCUT2D eigenvalue weighted by Gasteiger charge is -2.11. The minimum Gasteiger partial charge on any atom is -0.456 e. The number of ether oxygens (including phenoxy) is 1. The highest BCUT2D eigenvalue weighted by atomic mass is 16.5. The number of urea groups is 1. The van der Waals surface area contributed by atoms with Crippen LogP contribution in [0.25, 0.3) is 5.65 Å². The Kier molecular flexibility index (Phi) is 5.99. The molecular weight excluding hydrogens is 422 g/mol. The fraction of sp³-hybridized carbons (Fsp3) is 0.217. The highest BCUT2D eigenvalue weighted by Crippen LogP contribution is 2.27. The van der Waals surface area contributed by atoms with E-state index in [9.17, 15) is 9.59 Å². The number of hydrogen-bond acceptors (Lipinski definition) is 5. The molecule has 0 aliphatic carbocycles. The molecule has 0 saturated heterocycles. The molecule has 1 aromatic carbocycles. The summed E-state index contributed by atoms with van der Waals surface area (Å²) in [7, 11) is 1.73. The molecule has 4 rings (SSSR count). The zero-order chi connectivity index (χ0) is 23.5. The topological polar surface area (TPSA) is 115 Å². The molecule has 0 unspecified atom stereocenters. The zero-order valence-electron chi connectivity index (χ0n) is 18.8. The largest absolute Gasteiger partial charge is 0.456 e. The number of amides is 3. The highest BCUT2D eigenvalue weighted by Gasteiger charge is 2.13. The molecule has 3 amide bonds. The van der Waals surface area contributed by atoms with Gasteiger partial charge in [-0.15, -0.1) is 0 Å². The Labute approximate surface area is 190 Å². The molecule has 10 nitrogen and oxygen atoms in total. The van der Waals surface area contributed by atoms with Crippen molar-refractivity contribution in [3.63, 3.8) is 0 Å². The Hall–Kier alpha value is -4.34. The third-order valence-corrected chi connectivity index (χ3v) is 4.78. The minimum atomic E-state index is -0.312. The number of benzene rings is 1. The molecule has 0 aliphatic rings. The van der Waals surface area contributed by atoms with E-state index in [1.54, 1.807) is 52.8 Å². The molecule has 0 bridgehead atoms. The van der Waals surface area contributed by atoms with Crippen LogP contribution in [0.4, 0.5) is 16.3 Å². The molecule has 10 heteroatoms. The molecule has 0 radical (unpaired) electrons. The predicted octanol–water partition coefficient (Wildman–Crippen LogP) is 3.87. The number of hydrogen-bond donors (Lipinski definition) is 3. The first-order valence-electron chi connectivity index (χ1n) is 10.5. The summed E-state index contributed by atoms with van der Waals surface area (Å²) >= 11 is 0. The number of fused-ring (bicyclic) bond motifs is 1. The second-order valence-electron chi connectivity index (χ2n) is 7.63. The van der Waals surface area contributed by atoms with Gasteiger partial charge in [0.15, 0.2) is 5.82 Å². The summed E-state index contributed by atoms with van der Waals surface area (Å²) < 4.78 is 9.35. The second kappa shape index (κ2) is 9.03. The number of carbonyl (C=O) groups excluding carboxylic acids is 2. The van der Waals surface area contributed by atoms with Crippen molar-refractivity contribution in [2.75, 3.05) is 17.2 Å². The van der Waals surface area contributed by atoms with Gasteiger partial charge in [0.1, 0.15) is 22.8 Å². The molecular formula is C23H25N7O3. The van der Waals surface area contributed by atoms with Crippen molar-refractivity contribution in [3.8, 4) is 11.5 Å². The smallest absolute Gasteiger partial charge is 0.320 e. The Morgan fingerprint density at radius 2 is 1.85 bits per heavy atom. The molecule has 3 aromatic heterocycles. The number of nitrogens with one attached hydrogen (secondary N) is 3. The van der Waals surface area contributed by atoms with Crippen molar-refractivity contribution in [2.45, 2.75) is 20.8 Å². The van der Waals surface area contributed by atoms with Gasteiger partial charge in [-0.1, -0.05) is 0 Å². The van der Waals surface area contributed by atoms with Crippen LogP contribution in [-0.4, -0.2) is 37.6 Å². The molecule has 0 spiro atoms. The van der Waals surface area contributed by atoms with Gasteiger partial charge in [-0.3, -0.25) is 14.8 Å². The van der Waals surface area contributed by atoms with E-state index in [-0.39, 0.29) is 11.9 Å². The normalized spacial score (nSPS) is 10.8. The van der Waals surface area contributed by atoms with Crippen molar-refractivity contribution in [2.24, 2.45) is 7.05 Å². The van der Waals surface area contributed by atoms with Crippen molar-refractivity contribution in [3.05, 3.63) is 65.7 Å². The van der Waals surface area contributed by atoms with Crippen LogP contribution in [0.2, 0.25) is 0 Å². The number of aromatic nitrogens is 4. The molecule has 33 heavy (non-hydrogen) atoms. The van der Waals surface area contributed by atoms with Crippen molar-refractivity contribution >= 4 is 29.1 Å². The van der Waals surface area contributed by atoms with Crippen LogP contribution in [0.15, 0.2) is 48.8 Å². The van der Waals surface area contributed by atoms with Crippen LogP contribution in [0, 0.1) is 13.8 Å². The molecule has 0 atom stereocenters. The maximum atomic E-state index is 12.6. The first-order chi connectivity index (χ1) is 15.8. The van der Waals surface area contributed by atoms with E-state index in [1.165, 1.54) is 0 Å². The van der Waals surface area contributed by atoms with Gasteiger partial charge in [0.05, 0.1) is 18.1 Å². The van der Waals surface area contributed by atoms with E-state index < -0.39 is 0 Å². The van der Waals surface area contributed by atoms with Gasteiger partial charge in [-0.05, 0) is 56.7 Å². The summed E-state index contributed by atoms with van der Waals surface area (Å²) in [6, 6.07) is 10.5. The first-order valence-corrected chi connectivity index (χ1v) is 10.5. The Morgan fingerprint density at radius 1 is 1.03 bits per heavy atom. The summed E-state index contributed by atoms with van der Waals surface area (Å²) in [5, 5.41) is 12.5. The number of rotatable bonds is 6. The van der Waals surface area contributed by atoms with E-state index >= 15 is 0 Å². The predicted molar refractivity (Wildman–Crippen MR) is 125 cm³/mol. The Bertz CT molecular complexity index is 1340. The lowest BCUT2D eigenvalue weighted by molar-refractivity contribution is 0.101. The zero-order valence-corrected chi connectivity index (χ0v) is 18.8. The maximum Gasteiger partial charge on any atom is 0.320 e. The number of imidazole rings is 1. The third-order valence-electron chi connectivity index (χ3n) is 4.78. The summed E-state index contributed by atoms with van der Waals surface area (Å²) in [5.74, 6) is 1.34. The van der Waals surface area contributed by atoms with E-state index in [1.807, 2.05) is 32.9 Å². The minimum absolute atomic E-state index is 0.248. The molecule has 0 fully saturated rings. The fourth-order valence-electron chi connectivity index (χ4n) is 3.45. The monoisotopic (exact) mass is 447 g/mol. The van der Waals surface area contributed by atoms with Gasteiger partial charge in [-0.2, -0.15) is 5.10 Å². The quantitative estimate of drug-likeness (QED) is 0.415. The summed E-state index contributed by atoms with van der Waals surface area (Å²) in [6.45, 7) is 6.13. The summed E-state index contributed by atoms with van der Waals surface area (Å²) in [4.78, 5) is 28.7. The molecule has 0 aliphatic heterocycles. The van der Waals surface area contributed by atoms with Crippen molar-refractivity contribution < 1.29 is 14.3 Å². The van der Waals surface area contributed by atoms with Gasteiger partial charge < -0.3 is 19.8 Å². The molecule has 0 saturated carbocycles. The van der Waals surface area contributed by atoms with E-state index in [4.69, 9.17) is 4.74 Å². The number of nitrogens with zero attached hydrogens (tertiary/aromatic N) is 4. The first kappa shape index (κ1) is 21.9. The summed E-state index contributed by atoms with van der Waals surface area (Å²) in [5.41, 5.74) is 3.46. The molecule has 3 heterocycles. The number of anilines is 2. The van der Waals surface area contributed by atoms with Crippen LogP contribution in [-0.2, 0) is 7.05 Å². The van der Waals surface area contributed by atoms with Crippen molar-refractivity contribution in [1.29, 1.82) is 0 Å². The van der Waals surface area contributed by atoms with Crippen LogP contribution >= 0.6 is 0 Å². The van der Waals surface area contributed by atoms with E-state index in [2.05, 4.69) is 26.0 Å². The number of aryl methyl sites for hydroxylation is 3. The average Bonchev–Trinajstić information content (AvgIpc) is 3.28. The van der Waals surface area contributed by atoms with Crippen LogP contribution in [0.1, 0.15) is 28.7 Å². The average molecular weight is 447 g/mol. The Morgan fingerprint density at radius 3 is 2.58 bits per heavy atom. The van der Waals surface area contributed by atoms with Crippen LogP contribution in [0.5, 0.6) is 11.5 Å². The van der Waals surface area contributed by atoms with E-state index in [0.717, 1.165) is 11.3 Å².